The lowest BCUT2D eigenvalue weighted by atomic mass is 10.2. The highest BCUT2D eigenvalue weighted by Crippen LogP contribution is 2.32. The number of benzene rings is 2. The summed E-state index contributed by atoms with van der Waals surface area (Å²) in [5.74, 6) is 0.00193. The number of hydrogen-bond acceptors (Lipinski definition) is 5. The largest absolute Gasteiger partial charge is 0.493 e. The molecular formula is C14H11ClO5S. The van der Waals surface area contributed by atoms with E-state index in [0.29, 0.717) is 11.3 Å². The third-order valence-electron chi connectivity index (χ3n) is 2.65. The molecule has 0 saturated carbocycles. The summed E-state index contributed by atoms with van der Waals surface area (Å²) in [6.45, 7) is 0. The monoisotopic (exact) mass is 326 g/mol. The lowest BCUT2D eigenvalue weighted by Gasteiger charge is -2.12. The van der Waals surface area contributed by atoms with Crippen LogP contribution in [0.4, 0.5) is 0 Å². The lowest BCUT2D eigenvalue weighted by Crippen LogP contribution is -2.11. The molecule has 2 aromatic carbocycles. The fourth-order valence-corrected chi connectivity index (χ4v) is 2.72. The average molecular weight is 327 g/mol. The lowest BCUT2D eigenvalue weighted by molar-refractivity contribution is 0.112. The van der Waals surface area contributed by atoms with Crippen LogP contribution < -0.4 is 8.92 Å². The summed E-state index contributed by atoms with van der Waals surface area (Å²) in [5.41, 5.74) is 0.0758. The van der Waals surface area contributed by atoms with E-state index in [1.807, 2.05) is 0 Å². The minimum Gasteiger partial charge on any atom is -0.493 e. The van der Waals surface area contributed by atoms with Crippen LogP contribution in [0, 0.1) is 0 Å². The van der Waals surface area contributed by atoms with Gasteiger partial charge >= 0.3 is 10.1 Å². The van der Waals surface area contributed by atoms with Gasteiger partial charge in [-0.05, 0) is 36.4 Å². The molecule has 2 rings (SSSR count). The van der Waals surface area contributed by atoms with E-state index in [1.54, 1.807) is 6.07 Å². The van der Waals surface area contributed by atoms with Crippen molar-refractivity contribution in [3.8, 4) is 11.5 Å². The normalized spacial score (nSPS) is 11.0. The van der Waals surface area contributed by atoms with Crippen molar-refractivity contribution in [3.63, 3.8) is 0 Å². The van der Waals surface area contributed by atoms with Crippen molar-refractivity contribution in [1.82, 2.24) is 0 Å². The van der Waals surface area contributed by atoms with Crippen molar-refractivity contribution in [2.24, 2.45) is 0 Å². The topological polar surface area (TPSA) is 69.7 Å². The van der Waals surface area contributed by atoms with E-state index in [9.17, 15) is 13.2 Å². The van der Waals surface area contributed by atoms with Crippen molar-refractivity contribution in [2.45, 2.75) is 4.90 Å². The van der Waals surface area contributed by atoms with Crippen LogP contribution in [-0.2, 0) is 10.1 Å². The Hall–Kier alpha value is -2.05. The molecule has 0 heterocycles. The first-order chi connectivity index (χ1) is 9.97. The van der Waals surface area contributed by atoms with Crippen LogP contribution in [0.2, 0.25) is 5.02 Å². The number of methoxy groups -OCH3 is 1. The van der Waals surface area contributed by atoms with Crippen LogP contribution in [0.5, 0.6) is 11.5 Å². The first-order valence-electron chi connectivity index (χ1n) is 5.80. The van der Waals surface area contributed by atoms with Crippen molar-refractivity contribution in [3.05, 3.63) is 53.1 Å². The summed E-state index contributed by atoms with van der Waals surface area (Å²) in [6.07, 6.45) is 0.495. The van der Waals surface area contributed by atoms with Crippen LogP contribution in [0.25, 0.3) is 0 Å². The summed E-state index contributed by atoms with van der Waals surface area (Å²) in [6, 6.07) is 9.98. The quantitative estimate of drug-likeness (QED) is 0.624. The SMILES string of the molecule is COc1cccc(C=O)c1OS(=O)(=O)c1ccc(Cl)cc1. The Morgan fingerprint density at radius 1 is 1.10 bits per heavy atom. The van der Waals surface area contributed by atoms with Crippen LogP contribution in [0.3, 0.4) is 0 Å². The van der Waals surface area contributed by atoms with Crippen molar-refractivity contribution < 1.29 is 22.1 Å². The summed E-state index contributed by atoms with van der Waals surface area (Å²) < 4.78 is 34.5. The fourth-order valence-electron chi connectivity index (χ4n) is 1.63. The Kier molecular flexibility index (Phi) is 4.50. The number of hydrogen-bond donors (Lipinski definition) is 0. The predicted octanol–water partition coefficient (Wildman–Crippen LogP) is 2.93. The maximum atomic E-state index is 12.2. The zero-order chi connectivity index (χ0) is 15.5. The Balaban J connectivity index is 2.45. The Morgan fingerprint density at radius 2 is 1.76 bits per heavy atom. The Morgan fingerprint density at radius 3 is 2.33 bits per heavy atom. The molecule has 21 heavy (non-hydrogen) atoms. The molecule has 0 fully saturated rings. The van der Waals surface area contributed by atoms with Gasteiger partial charge in [-0.25, -0.2) is 0 Å². The van der Waals surface area contributed by atoms with Gasteiger partial charge in [0.15, 0.2) is 17.8 Å². The first-order valence-corrected chi connectivity index (χ1v) is 7.59. The van der Waals surface area contributed by atoms with E-state index in [2.05, 4.69) is 0 Å². The molecule has 0 aliphatic rings. The van der Waals surface area contributed by atoms with E-state index in [1.165, 1.54) is 43.5 Å². The van der Waals surface area contributed by atoms with Crippen LogP contribution >= 0.6 is 11.6 Å². The van der Waals surface area contributed by atoms with Crippen LogP contribution in [-0.4, -0.2) is 21.8 Å². The van der Waals surface area contributed by atoms with Crippen molar-refractivity contribution >= 4 is 28.0 Å². The van der Waals surface area contributed by atoms with E-state index >= 15 is 0 Å². The molecule has 0 amide bonds. The van der Waals surface area contributed by atoms with Gasteiger partial charge in [0.05, 0.1) is 12.7 Å². The predicted molar refractivity (Wildman–Crippen MR) is 77.6 cm³/mol. The summed E-state index contributed by atoms with van der Waals surface area (Å²) in [7, 11) is -2.74. The molecule has 0 aromatic heterocycles. The molecule has 0 unspecified atom stereocenters. The molecule has 2 aromatic rings. The number of para-hydroxylation sites is 1. The molecule has 5 nitrogen and oxygen atoms in total. The molecule has 7 heteroatoms. The molecule has 0 spiro atoms. The van der Waals surface area contributed by atoms with Gasteiger partial charge in [0.2, 0.25) is 0 Å². The van der Waals surface area contributed by atoms with Gasteiger partial charge in [-0.3, -0.25) is 4.79 Å². The third kappa shape index (κ3) is 3.34. The summed E-state index contributed by atoms with van der Waals surface area (Å²) in [5, 5.41) is 0.403. The van der Waals surface area contributed by atoms with Crippen LogP contribution in [0.1, 0.15) is 10.4 Å². The molecule has 0 aliphatic heterocycles. The second kappa shape index (κ2) is 6.15. The number of aldehydes is 1. The molecule has 0 aliphatic carbocycles. The molecule has 110 valence electrons. The maximum absolute atomic E-state index is 12.2. The molecule has 0 radical (unpaired) electrons. The zero-order valence-electron chi connectivity index (χ0n) is 10.9. The maximum Gasteiger partial charge on any atom is 0.339 e. The van der Waals surface area contributed by atoms with Crippen molar-refractivity contribution in [2.75, 3.05) is 7.11 Å². The number of ether oxygens (including phenoxy) is 1. The highest BCUT2D eigenvalue weighted by atomic mass is 35.5. The highest BCUT2D eigenvalue weighted by Gasteiger charge is 2.21. The smallest absolute Gasteiger partial charge is 0.339 e. The molecule has 0 saturated heterocycles. The van der Waals surface area contributed by atoms with E-state index in [-0.39, 0.29) is 22.0 Å². The zero-order valence-corrected chi connectivity index (χ0v) is 12.5. The second-order valence-corrected chi connectivity index (χ2v) is 5.97. The van der Waals surface area contributed by atoms with Gasteiger partial charge in [-0.1, -0.05) is 17.7 Å². The summed E-state index contributed by atoms with van der Waals surface area (Å²) >= 11 is 5.72. The number of carbonyl (C=O) groups excluding carboxylic acids is 1. The summed E-state index contributed by atoms with van der Waals surface area (Å²) in [4.78, 5) is 10.9. The Labute approximate surface area is 127 Å². The first kappa shape index (κ1) is 15.3. The molecule has 0 bridgehead atoms. The van der Waals surface area contributed by atoms with E-state index < -0.39 is 10.1 Å². The van der Waals surface area contributed by atoms with Gasteiger partial charge in [-0.2, -0.15) is 8.42 Å². The standard InChI is InChI=1S/C14H11ClO5S/c1-19-13-4-2-3-10(9-16)14(13)20-21(17,18)12-7-5-11(15)6-8-12/h2-9H,1H3. The van der Waals surface area contributed by atoms with Gasteiger partial charge in [-0.15, -0.1) is 0 Å². The number of rotatable bonds is 5. The molecule has 0 atom stereocenters. The van der Waals surface area contributed by atoms with Crippen LogP contribution in [0.15, 0.2) is 47.4 Å². The minimum atomic E-state index is -4.09. The van der Waals surface area contributed by atoms with E-state index in [0.717, 1.165) is 0 Å². The van der Waals surface area contributed by atoms with Gasteiger partial charge in [0.1, 0.15) is 4.90 Å². The fraction of sp³-hybridized carbons (Fsp3) is 0.0714. The van der Waals surface area contributed by atoms with Gasteiger partial charge in [0, 0.05) is 5.02 Å². The van der Waals surface area contributed by atoms with Gasteiger partial charge in [0.25, 0.3) is 0 Å². The minimum absolute atomic E-state index is 0.0744. The Bertz CT molecular complexity index is 753. The molecular weight excluding hydrogens is 316 g/mol. The highest BCUT2D eigenvalue weighted by molar-refractivity contribution is 7.87. The average Bonchev–Trinajstić information content (AvgIpc) is 2.47. The van der Waals surface area contributed by atoms with Gasteiger partial charge < -0.3 is 8.92 Å². The second-order valence-electron chi connectivity index (χ2n) is 3.99. The molecule has 0 N–H and O–H groups in total. The van der Waals surface area contributed by atoms with E-state index in [4.69, 9.17) is 20.5 Å². The van der Waals surface area contributed by atoms with Crippen molar-refractivity contribution in [1.29, 1.82) is 0 Å². The third-order valence-corrected chi connectivity index (χ3v) is 4.14. The number of carbonyl (C=O) groups is 1. The number of halogens is 1.